The molecule has 0 bridgehead atoms. The molecule has 0 aliphatic carbocycles. The number of rotatable bonds is 0. The second-order valence-electron chi connectivity index (χ2n) is 2.29. The molecule has 1 aromatic carbocycles. The smallest absolute Gasteiger partial charge is 0.0671 e. The van der Waals surface area contributed by atoms with E-state index in [-0.39, 0.29) is 0 Å². The summed E-state index contributed by atoms with van der Waals surface area (Å²) in [7, 11) is 0. The van der Waals surface area contributed by atoms with Crippen LogP contribution in [0, 0.1) is 0 Å². The van der Waals surface area contributed by atoms with Gasteiger partial charge >= 0.3 is 0 Å². The van der Waals surface area contributed by atoms with Crippen molar-refractivity contribution in [3.05, 3.63) is 22.8 Å². The first-order valence-corrected chi connectivity index (χ1v) is 3.95. The number of hydrogen-bond donors (Lipinski definition) is 2. The number of aromatic amines is 1. The number of halogens is 1. The Labute approximate surface area is 71.7 Å². The molecule has 1 heterocycles. The van der Waals surface area contributed by atoms with Crippen molar-refractivity contribution < 1.29 is 0 Å². The zero-order valence-electron chi connectivity index (χ0n) is 5.63. The highest BCUT2D eigenvalue weighted by molar-refractivity contribution is 9.10. The third-order valence-electron chi connectivity index (χ3n) is 1.61. The summed E-state index contributed by atoms with van der Waals surface area (Å²) in [6, 6.07) is 3.83. The fourth-order valence-corrected chi connectivity index (χ4v) is 1.36. The molecule has 0 atom stereocenters. The molecule has 2 aromatic rings. The lowest BCUT2D eigenvalue weighted by molar-refractivity contribution is 1.12. The molecule has 0 spiro atoms. The van der Waals surface area contributed by atoms with Gasteiger partial charge in [-0.2, -0.15) is 5.10 Å². The maximum Gasteiger partial charge on any atom is 0.0671 e. The molecular weight excluding hydrogens is 206 g/mol. The van der Waals surface area contributed by atoms with Crippen LogP contribution >= 0.6 is 15.9 Å². The Morgan fingerprint density at radius 3 is 3.09 bits per heavy atom. The largest absolute Gasteiger partial charge is 0.397 e. The molecule has 3 N–H and O–H groups in total. The zero-order valence-corrected chi connectivity index (χ0v) is 7.22. The van der Waals surface area contributed by atoms with Crippen molar-refractivity contribution in [3.8, 4) is 0 Å². The second kappa shape index (κ2) is 2.23. The van der Waals surface area contributed by atoms with E-state index in [4.69, 9.17) is 5.73 Å². The van der Waals surface area contributed by atoms with Crippen molar-refractivity contribution >= 4 is 32.5 Å². The summed E-state index contributed by atoms with van der Waals surface area (Å²) < 4.78 is 0.909. The molecule has 0 radical (unpaired) electrons. The van der Waals surface area contributed by atoms with Crippen LogP contribution in [0.2, 0.25) is 0 Å². The van der Waals surface area contributed by atoms with Gasteiger partial charge in [-0.05, 0) is 28.1 Å². The lowest BCUT2D eigenvalue weighted by atomic mass is 10.2. The topological polar surface area (TPSA) is 54.7 Å². The Morgan fingerprint density at radius 1 is 1.45 bits per heavy atom. The highest BCUT2D eigenvalue weighted by atomic mass is 79.9. The van der Waals surface area contributed by atoms with Crippen molar-refractivity contribution in [1.29, 1.82) is 0 Å². The normalized spacial score (nSPS) is 10.6. The predicted molar refractivity (Wildman–Crippen MR) is 48.2 cm³/mol. The van der Waals surface area contributed by atoms with Crippen molar-refractivity contribution in [2.75, 3.05) is 5.73 Å². The number of aromatic nitrogens is 2. The molecule has 0 amide bonds. The Bertz CT molecular complexity index is 393. The predicted octanol–water partition coefficient (Wildman–Crippen LogP) is 1.91. The summed E-state index contributed by atoms with van der Waals surface area (Å²) in [5.74, 6) is 0. The van der Waals surface area contributed by atoms with Gasteiger partial charge in [-0.25, -0.2) is 0 Å². The van der Waals surface area contributed by atoms with Crippen LogP contribution in [0.25, 0.3) is 10.9 Å². The van der Waals surface area contributed by atoms with Gasteiger partial charge in [0.15, 0.2) is 0 Å². The molecule has 0 aliphatic heterocycles. The molecule has 0 saturated heterocycles. The second-order valence-corrected chi connectivity index (χ2v) is 3.15. The first-order chi connectivity index (χ1) is 5.29. The van der Waals surface area contributed by atoms with Crippen LogP contribution in [-0.4, -0.2) is 10.2 Å². The number of fused-ring (bicyclic) bond motifs is 1. The van der Waals surface area contributed by atoms with Gasteiger partial charge in [0.2, 0.25) is 0 Å². The zero-order chi connectivity index (χ0) is 7.84. The van der Waals surface area contributed by atoms with E-state index in [0.29, 0.717) is 0 Å². The van der Waals surface area contributed by atoms with E-state index in [1.807, 2.05) is 12.1 Å². The van der Waals surface area contributed by atoms with Gasteiger partial charge in [-0.1, -0.05) is 0 Å². The molecule has 1 aromatic heterocycles. The van der Waals surface area contributed by atoms with Crippen molar-refractivity contribution in [1.82, 2.24) is 10.2 Å². The van der Waals surface area contributed by atoms with Crippen LogP contribution in [0.1, 0.15) is 0 Å². The minimum atomic E-state index is 0.733. The minimum Gasteiger partial charge on any atom is -0.397 e. The summed E-state index contributed by atoms with van der Waals surface area (Å²) in [6.07, 6.45) is 1.72. The summed E-state index contributed by atoms with van der Waals surface area (Å²) in [5, 5.41) is 7.67. The SMILES string of the molecule is Nc1c(Br)ccc2[nH]ncc12. The maximum absolute atomic E-state index is 5.76. The van der Waals surface area contributed by atoms with Crippen molar-refractivity contribution in [2.45, 2.75) is 0 Å². The summed E-state index contributed by atoms with van der Waals surface area (Å²) in [6.45, 7) is 0. The molecule has 0 fully saturated rings. The van der Waals surface area contributed by atoms with E-state index < -0.39 is 0 Å². The Balaban J connectivity index is 2.93. The van der Waals surface area contributed by atoms with E-state index in [0.717, 1.165) is 21.1 Å². The number of nitrogens with two attached hydrogens (primary N) is 1. The highest BCUT2D eigenvalue weighted by Crippen LogP contribution is 2.26. The summed E-state index contributed by atoms with van der Waals surface area (Å²) in [4.78, 5) is 0. The third-order valence-corrected chi connectivity index (χ3v) is 2.30. The maximum atomic E-state index is 5.76. The highest BCUT2D eigenvalue weighted by Gasteiger charge is 2.01. The average Bonchev–Trinajstić information content (AvgIpc) is 2.45. The number of anilines is 1. The molecule has 56 valence electrons. The van der Waals surface area contributed by atoms with Crippen LogP contribution in [-0.2, 0) is 0 Å². The van der Waals surface area contributed by atoms with Gasteiger partial charge in [0.25, 0.3) is 0 Å². The lowest BCUT2D eigenvalue weighted by Gasteiger charge is -1.96. The fourth-order valence-electron chi connectivity index (χ4n) is 1.01. The third kappa shape index (κ3) is 0.903. The number of nitrogen functional groups attached to an aromatic ring is 1. The molecule has 0 aliphatic rings. The molecule has 2 rings (SSSR count). The van der Waals surface area contributed by atoms with Gasteiger partial charge in [-0.15, -0.1) is 0 Å². The molecular formula is C7H6BrN3. The molecule has 4 heteroatoms. The first kappa shape index (κ1) is 6.67. The van der Waals surface area contributed by atoms with Gasteiger partial charge in [0.1, 0.15) is 0 Å². The lowest BCUT2D eigenvalue weighted by Crippen LogP contribution is -1.86. The number of hydrogen-bond acceptors (Lipinski definition) is 2. The van der Waals surface area contributed by atoms with E-state index in [2.05, 4.69) is 26.1 Å². The average molecular weight is 212 g/mol. The first-order valence-electron chi connectivity index (χ1n) is 3.16. The summed E-state index contributed by atoms with van der Waals surface area (Å²) >= 11 is 3.33. The molecule has 0 unspecified atom stereocenters. The van der Waals surface area contributed by atoms with E-state index in [1.54, 1.807) is 6.20 Å². The van der Waals surface area contributed by atoms with E-state index in [9.17, 15) is 0 Å². The van der Waals surface area contributed by atoms with E-state index >= 15 is 0 Å². The van der Waals surface area contributed by atoms with Gasteiger partial charge < -0.3 is 5.73 Å². The molecule has 0 saturated carbocycles. The Kier molecular flexibility index (Phi) is 1.35. The van der Waals surface area contributed by atoms with Crippen LogP contribution in [0.15, 0.2) is 22.8 Å². The number of benzene rings is 1. The number of H-pyrrole nitrogens is 1. The van der Waals surface area contributed by atoms with Crippen LogP contribution in [0.3, 0.4) is 0 Å². The quantitative estimate of drug-likeness (QED) is 0.655. The van der Waals surface area contributed by atoms with Crippen LogP contribution < -0.4 is 5.73 Å². The number of nitrogens with one attached hydrogen (secondary N) is 1. The fraction of sp³-hybridized carbons (Fsp3) is 0. The van der Waals surface area contributed by atoms with E-state index in [1.165, 1.54) is 0 Å². The Morgan fingerprint density at radius 2 is 2.27 bits per heavy atom. The van der Waals surface area contributed by atoms with Gasteiger partial charge in [0.05, 0.1) is 17.4 Å². The summed E-state index contributed by atoms with van der Waals surface area (Å²) in [5.41, 5.74) is 7.45. The minimum absolute atomic E-state index is 0.733. The number of nitrogens with zero attached hydrogens (tertiary/aromatic N) is 1. The van der Waals surface area contributed by atoms with Crippen molar-refractivity contribution in [3.63, 3.8) is 0 Å². The standard InChI is InChI=1S/C7H6BrN3/c8-5-1-2-6-4(7(5)9)3-10-11-6/h1-3H,9H2,(H,10,11). The van der Waals surface area contributed by atoms with Gasteiger partial charge in [0, 0.05) is 9.86 Å². The molecule has 3 nitrogen and oxygen atoms in total. The van der Waals surface area contributed by atoms with Crippen LogP contribution in [0.5, 0.6) is 0 Å². The van der Waals surface area contributed by atoms with Crippen molar-refractivity contribution in [2.24, 2.45) is 0 Å². The van der Waals surface area contributed by atoms with Gasteiger partial charge in [-0.3, -0.25) is 5.10 Å². The molecule has 11 heavy (non-hydrogen) atoms. The van der Waals surface area contributed by atoms with Crippen LogP contribution in [0.4, 0.5) is 5.69 Å². The monoisotopic (exact) mass is 211 g/mol. The Hall–Kier alpha value is -1.03.